The van der Waals surface area contributed by atoms with Crippen molar-refractivity contribution in [2.24, 2.45) is 0 Å². The van der Waals surface area contributed by atoms with Crippen molar-refractivity contribution in [3.05, 3.63) is 17.5 Å². The van der Waals surface area contributed by atoms with Gasteiger partial charge < -0.3 is 0 Å². The van der Waals surface area contributed by atoms with Gasteiger partial charge in [0, 0.05) is 0 Å². The van der Waals surface area contributed by atoms with Crippen LogP contribution in [-0.2, 0) is 5.92 Å². The highest BCUT2D eigenvalue weighted by Gasteiger charge is 2.74. The summed E-state index contributed by atoms with van der Waals surface area (Å²) in [7, 11) is 0. The van der Waals surface area contributed by atoms with Crippen LogP contribution >= 0.6 is 0 Å². The first-order valence-corrected chi connectivity index (χ1v) is 3.84. The van der Waals surface area contributed by atoms with E-state index >= 15 is 0 Å². The fourth-order valence-corrected chi connectivity index (χ4v) is 0.999. The molecule has 0 bridgehead atoms. The molecule has 0 amide bonds. The molecule has 16 heavy (non-hydrogen) atoms. The number of hydrogen-bond acceptors (Lipinski definition) is 1. The Balaban J connectivity index is 3.27. The molecule has 0 aliphatic carbocycles. The summed E-state index contributed by atoms with van der Waals surface area (Å²) in [6.07, 6.45) is -5.61. The van der Waals surface area contributed by atoms with Gasteiger partial charge in [-0.15, -0.1) is 0 Å². The Morgan fingerprint density at radius 2 is 1.56 bits per heavy atom. The van der Waals surface area contributed by atoms with Crippen LogP contribution in [0.5, 0.6) is 0 Å². The number of aryl methyl sites for hydroxylation is 1. The number of alkyl halides is 7. The first kappa shape index (κ1) is 12.8. The van der Waals surface area contributed by atoms with Crippen LogP contribution < -0.4 is 0 Å². The van der Waals surface area contributed by atoms with Gasteiger partial charge in [-0.05, 0) is 12.5 Å². The molecule has 0 saturated heterocycles. The predicted octanol–water partition coefficient (Wildman–Crippen LogP) is 3.01. The number of hydrogen-bond donors (Lipinski definition) is 1. The van der Waals surface area contributed by atoms with E-state index < -0.39 is 29.3 Å². The van der Waals surface area contributed by atoms with E-state index in [0.717, 1.165) is 13.1 Å². The molecule has 1 heterocycles. The third-order valence-corrected chi connectivity index (χ3v) is 1.89. The molecular weight excluding hydrogens is 245 g/mol. The minimum atomic E-state index is -6.34. The van der Waals surface area contributed by atoms with Gasteiger partial charge in [0.1, 0.15) is 5.69 Å². The zero-order valence-electron chi connectivity index (χ0n) is 7.67. The fourth-order valence-electron chi connectivity index (χ4n) is 0.999. The highest BCUT2D eigenvalue weighted by molar-refractivity contribution is 5.22. The van der Waals surface area contributed by atoms with Gasteiger partial charge in [-0.25, -0.2) is 0 Å². The van der Waals surface area contributed by atoms with Crippen molar-refractivity contribution in [3.63, 3.8) is 0 Å². The molecule has 1 aromatic heterocycles. The second-order valence-corrected chi connectivity index (χ2v) is 3.07. The van der Waals surface area contributed by atoms with Crippen LogP contribution in [0.4, 0.5) is 30.7 Å². The van der Waals surface area contributed by atoms with Crippen molar-refractivity contribution in [1.29, 1.82) is 0 Å². The van der Waals surface area contributed by atoms with Crippen molar-refractivity contribution in [3.8, 4) is 0 Å². The smallest absolute Gasteiger partial charge is 0.276 e. The standard InChI is InChI=1S/C7H5F7N2/c1-3-2-15-16-4(3)5(8,9)6(10,11)7(12,13)14/h2H,1H3,(H,15,16). The molecule has 0 saturated carbocycles. The van der Waals surface area contributed by atoms with Gasteiger partial charge >= 0.3 is 18.0 Å². The highest BCUT2D eigenvalue weighted by atomic mass is 19.4. The maximum Gasteiger partial charge on any atom is 0.460 e. The van der Waals surface area contributed by atoms with Crippen LogP contribution in [-0.4, -0.2) is 22.3 Å². The van der Waals surface area contributed by atoms with Crippen LogP contribution in [0.15, 0.2) is 6.20 Å². The molecule has 0 radical (unpaired) electrons. The summed E-state index contributed by atoms with van der Waals surface area (Å²) in [6.45, 7) is 0.944. The molecule has 1 rings (SSSR count). The maximum atomic E-state index is 13.0. The SMILES string of the molecule is Cc1cn[nH]c1C(F)(F)C(F)(F)C(F)(F)F. The van der Waals surface area contributed by atoms with E-state index in [-0.39, 0.29) is 0 Å². The van der Waals surface area contributed by atoms with E-state index in [1.165, 1.54) is 5.10 Å². The Bertz CT molecular complexity index is 378. The molecule has 1 aromatic rings. The van der Waals surface area contributed by atoms with Crippen molar-refractivity contribution in [1.82, 2.24) is 10.2 Å². The van der Waals surface area contributed by atoms with Crippen LogP contribution in [0.1, 0.15) is 11.3 Å². The molecule has 0 aliphatic rings. The van der Waals surface area contributed by atoms with Gasteiger partial charge in [0.05, 0.1) is 6.20 Å². The molecule has 0 aromatic carbocycles. The number of rotatable bonds is 2. The average molecular weight is 250 g/mol. The van der Waals surface area contributed by atoms with E-state index in [0.29, 0.717) is 0 Å². The molecule has 0 spiro atoms. The highest BCUT2D eigenvalue weighted by Crippen LogP contribution is 2.51. The van der Waals surface area contributed by atoms with Gasteiger partial charge in [-0.3, -0.25) is 5.10 Å². The Hall–Kier alpha value is -1.28. The lowest BCUT2D eigenvalue weighted by molar-refractivity contribution is -0.360. The molecule has 0 fully saturated rings. The third-order valence-electron chi connectivity index (χ3n) is 1.89. The van der Waals surface area contributed by atoms with E-state index in [9.17, 15) is 30.7 Å². The second kappa shape index (κ2) is 3.36. The van der Waals surface area contributed by atoms with Gasteiger partial charge in [0.2, 0.25) is 0 Å². The van der Waals surface area contributed by atoms with Gasteiger partial charge in [-0.2, -0.15) is 35.8 Å². The zero-order valence-corrected chi connectivity index (χ0v) is 7.67. The second-order valence-electron chi connectivity index (χ2n) is 3.07. The minimum Gasteiger partial charge on any atom is -0.276 e. The predicted molar refractivity (Wildman–Crippen MR) is 38.2 cm³/mol. The van der Waals surface area contributed by atoms with Gasteiger partial charge in [0.25, 0.3) is 0 Å². The minimum absolute atomic E-state index is 0.478. The number of aromatic nitrogens is 2. The van der Waals surface area contributed by atoms with E-state index in [1.54, 1.807) is 0 Å². The average Bonchev–Trinajstić information content (AvgIpc) is 2.49. The summed E-state index contributed by atoms with van der Waals surface area (Å²) in [6, 6.07) is 0. The van der Waals surface area contributed by atoms with Crippen LogP contribution in [0, 0.1) is 6.92 Å². The fraction of sp³-hybridized carbons (Fsp3) is 0.571. The molecule has 0 atom stereocenters. The largest absolute Gasteiger partial charge is 0.460 e. The number of nitrogens with zero attached hydrogens (tertiary/aromatic N) is 1. The van der Waals surface area contributed by atoms with Gasteiger partial charge in [-0.1, -0.05) is 0 Å². The number of halogens is 7. The molecular formula is C7H5F7N2. The van der Waals surface area contributed by atoms with Crippen molar-refractivity contribution in [2.75, 3.05) is 0 Å². The van der Waals surface area contributed by atoms with Crippen molar-refractivity contribution < 1.29 is 30.7 Å². The Morgan fingerprint density at radius 1 is 1.06 bits per heavy atom. The maximum absolute atomic E-state index is 13.0. The number of aromatic amines is 1. The van der Waals surface area contributed by atoms with E-state index in [2.05, 4.69) is 5.10 Å². The third kappa shape index (κ3) is 1.63. The molecule has 2 nitrogen and oxygen atoms in total. The molecule has 1 N–H and O–H groups in total. The lowest BCUT2D eigenvalue weighted by atomic mass is 10.1. The van der Waals surface area contributed by atoms with Crippen LogP contribution in [0.3, 0.4) is 0 Å². The van der Waals surface area contributed by atoms with Crippen molar-refractivity contribution in [2.45, 2.75) is 24.9 Å². The summed E-state index contributed by atoms with van der Waals surface area (Å²) in [5.41, 5.74) is -2.02. The summed E-state index contributed by atoms with van der Waals surface area (Å²) in [5.74, 6) is -11.5. The molecule has 0 aliphatic heterocycles. The van der Waals surface area contributed by atoms with Gasteiger partial charge in [0.15, 0.2) is 0 Å². The summed E-state index contributed by atoms with van der Waals surface area (Å²) < 4.78 is 86.4. The lowest BCUT2D eigenvalue weighted by Gasteiger charge is -2.27. The quantitative estimate of drug-likeness (QED) is 0.803. The number of H-pyrrole nitrogens is 1. The first-order valence-electron chi connectivity index (χ1n) is 3.84. The summed E-state index contributed by atoms with van der Waals surface area (Å²) in [4.78, 5) is 0. The zero-order chi connectivity index (χ0) is 12.8. The Labute approximate surface area is 84.4 Å². The van der Waals surface area contributed by atoms with Crippen LogP contribution in [0.2, 0.25) is 0 Å². The lowest BCUT2D eigenvalue weighted by Crippen LogP contribution is -2.50. The topological polar surface area (TPSA) is 28.7 Å². The first-order chi connectivity index (χ1) is 7.02. The van der Waals surface area contributed by atoms with E-state index in [4.69, 9.17) is 0 Å². The monoisotopic (exact) mass is 250 g/mol. The molecule has 9 heteroatoms. The summed E-state index contributed by atoms with van der Waals surface area (Å²) >= 11 is 0. The molecule has 0 unspecified atom stereocenters. The Kier molecular flexibility index (Phi) is 2.68. The molecule has 92 valence electrons. The summed E-state index contributed by atoms with van der Waals surface area (Å²) in [5, 5.41) is 4.42. The number of nitrogens with one attached hydrogen (secondary N) is 1. The van der Waals surface area contributed by atoms with Crippen LogP contribution in [0.25, 0.3) is 0 Å². The Morgan fingerprint density at radius 3 is 1.88 bits per heavy atom. The van der Waals surface area contributed by atoms with Crippen molar-refractivity contribution >= 4 is 0 Å². The van der Waals surface area contributed by atoms with E-state index in [1.807, 2.05) is 0 Å². The normalized spacial score (nSPS) is 14.2.